The molecule has 1 saturated carbocycles. The van der Waals surface area contributed by atoms with Gasteiger partial charge in [-0.15, -0.1) is 0 Å². The first kappa shape index (κ1) is 17.9. The van der Waals surface area contributed by atoms with Gasteiger partial charge < -0.3 is 18.7 Å². The summed E-state index contributed by atoms with van der Waals surface area (Å²) in [5.74, 6) is 3.14. The predicted octanol–water partition coefficient (Wildman–Crippen LogP) is 5.83. The summed E-state index contributed by atoms with van der Waals surface area (Å²) in [7, 11) is 3.31. The Kier molecular flexibility index (Phi) is 4.32. The van der Waals surface area contributed by atoms with Gasteiger partial charge in [0, 0.05) is 21.0 Å². The number of rotatable bonds is 5. The predicted molar refractivity (Wildman–Crippen MR) is 113 cm³/mol. The zero-order valence-corrected chi connectivity index (χ0v) is 17.9. The minimum atomic E-state index is 0.234. The van der Waals surface area contributed by atoms with Crippen LogP contribution in [0, 0.1) is 0 Å². The van der Waals surface area contributed by atoms with Gasteiger partial charge in [0.1, 0.15) is 16.4 Å². The molecule has 0 aliphatic heterocycles. The summed E-state index contributed by atoms with van der Waals surface area (Å²) in [5.41, 5.74) is 3.90. The highest BCUT2D eigenvalue weighted by Crippen LogP contribution is 2.58. The minimum Gasteiger partial charge on any atom is -0.495 e. The van der Waals surface area contributed by atoms with E-state index in [1.807, 2.05) is 18.2 Å². The molecule has 2 aliphatic rings. The van der Waals surface area contributed by atoms with Gasteiger partial charge in [-0.05, 0) is 61.0 Å². The molecule has 144 valence electrons. The van der Waals surface area contributed by atoms with Crippen LogP contribution in [-0.2, 0) is 11.8 Å². The molecular weight excluding hydrogens is 440 g/mol. The number of aromatic nitrogens is 1. The number of halogens is 1. The van der Waals surface area contributed by atoms with Gasteiger partial charge in [-0.25, -0.2) is 0 Å². The van der Waals surface area contributed by atoms with Gasteiger partial charge in [-0.2, -0.15) is 0 Å². The van der Waals surface area contributed by atoms with Crippen LogP contribution in [0.1, 0.15) is 24.0 Å². The Labute approximate surface area is 176 Å². The number of benzene rings is 2. The van der Waals surface area contributed by atoms with E-state index < -0.39 is 0 Å². The zero-order chi connectivity index (χ0) is 19.3. The summed E-state index contributed by atoms with van der Waals surface area (Å²) in [5, 5.41) is 4.34. The summed E-state index contributed by atoms with van der Waals surface area (Å²) < 4.78 is 21.2. The molecule has 0 radical (unpaired) electrons. The normalized spacial score (nSPS) is 15.7. The Bertz CT molecular complexity index is 1040. The van der Waals surface area contributed by atoms with Crippen LogP contribution in [0.3, 0.4) is 0 Å². The van der Waals surface area contributed by atoms with Crippen molar-refractivity contribution in [2.24, 2.45) is 0 Å². The van der Waals surface area contributed by atoms with Crippen LogP contribution in [0.2, 0.25) is 0 Å². The topological polar surface area (TPSA) is 56.5 Å². The van der Waals surface area contributed by atoms with Crippen LogP contribution in [0.4, 0.5) is 5.82 Å². The highest BCUT2D eigenvalue weighted by Gasteiger charge is 2.50. The van der Waals surface area contributed by atoms with E-state index in [-0.39, 0.29) is 5.41 Å². The molecule has 5 rings (SSSR count). The molecule has 0 amide bonds. The molecule has 1 aromatic heterocycles. The molecule has 0 unspecified atom stereocenters. The minimum absolute atomic E-state index is 0.234. The van der Waals surface area contributed by atoms with Crippen molar-refractivity contribution >= 4 is 33.7 Å². The number of methoxy groups -OCH3 is 2. The number of nitrogens with zero attached hydrogens (tertiary/aromatic N) is 1. The lowest BCUT2D eigenvalue weighted by molar-refractivity contribution is 0.376. The maximum absolute atomic E-state index is 5.78. The average molecular weight is 459 g/mol. The average Bonchev–Trinajstić information content (AvgIpc) is 3.37. The van der Waals surface area contributed by atoms with Gasteiger partial charge in [0.2, 0.25) is 0 Å². The standard InChI is InChI=1S/C21H19BrN2O3S/c1-25-16-4-3-5-17(26-2)19(16)28-24-20-14-11-21(8-9-21)15-7-6-12(22)10-13(15)18(14)27-23-20/h3-7,10H,8-9,11H2,1-2H3,(H,23,24). The third-order valence-electron chi connectivity index (χ3n) is 5.59. The number of nitrogens with one attached hydrogen (secondary N) is 1. The van der Waals surface area contributed by atoms with Crippen LogP contribution in [-0.4, -0.2) is 19.4 Å². The molecule has 28 heavy (non-hydrogen) atoms. The van der Waals surface area contributed by atoms with Gasteiger partial charge in [0.05, 0.1) is 14.2 Å². The molecule has 1 N–H and O–H groups in total. The largest absolute Gasteiger partial charge is 0.495 e. The lowest BCUT2D eigenvalue weighted by atomic mass is 9.79. The van der Waals surface area contributed by atoms with E-state index >= 15 is 0 Å². The smallest absolute Gasteiger partial charge is 0.183 e. The van der Waals surface area contributed by atoms with Crippen molar-refractivity contribution in [2.45, 2.75) is 29.6 Å². The summed E-state index contributed by atoms with van der Waals surface area (Å²) >= 11 is 5.02. The Morgan fingerprint density at radius 2 is 1.89 bits per heavy atom. The third kappa shape index (κ3) is 2.79. The van der Waals surface area contributed by atoms with Gasteiger partial charge in [0.25, 0.3) is 0 Å². The second kappa shape index (κ2) is 6.74. The van der Waals surface area contributed by atoms with E-state index in [0.717, 1.165) is 50.0 Å². The summed E-state index contributed by atoms with van der Waals surface area (Å²) in [6.45, 7) is 0. The van der Waals surface area contributed by atoms with Crippen molar-refractivity contribution in [2.75, 3.05) is 18.9 Å². The molecule has 1 spiro atoms. The molecule has 1 heterocycles. The first-order valence-corrected chi connectivity index (χ1v) is 10.7. The molecular formula is C21H19BrN2O3S. The van der Waals surface area contributed by atoms with Crippen LogP contribution >= 0.6 is 27.9 Å². The van der Waals surface area contributed by atoms with Crippen LogP contribution in [0.5, 0.6) is 11.5 Å². The number of hydrogen-bond acceptors (Lipinski definition) is 6. The number of hydrogen-bond donors (Lipinski definition) is 1. The first-order valence-electron chi connectivity index (χ1n) is 9.08. The molecule has 0 atom stereocenters. The van der Waals surface area contributed by atoms with E-state index in [9.17, 15) is 0 Å². The highest BCUT2D eigenvalue weighted by molar-refractivity contribution is 9.10. The Morgan fingerprint density at radius 3 is 2.57 bits per heavy atom. The Balaban J connectivity index is 1.50. The van der Waals surface area contributed by atoms with Crippen molar-refractivity contribution < 1.29 is 14.0 Å². The zero-order valence-electron chi connectivity index (χ0n) is 15.5. The van der Waals surface area contributed by atoms with Gasteiger partial charge in [-0.3, -0.25) is 0 Å². The van der Waals surface area contributed by atoms with Crippen LogP contribution < -0.4 is 14.2 Å². The number of ether oxygens (including phenoxy) is 2. The van der Waals surface area contributed by atoms with Gasteiger partial charge in [0.15, 0.2) is 11.6 Å². The maximum Gasteiger partial charge on any atom is 0.183 e. The maximum atomic E-state index is 5.78. The van der Waals surface area contributed by atoms with Crippen molar-refractivity contribution in [3.8, 4) is 22.8 Å². The van der Waals surface area contributed by atoms with E-state index in [4.69, 9.17) is 14.0 Å². The first-order chi connectivity index (χ1) is 13.6. The van der Waals surface area contributed by atoms with E-state index in [2.05, 4.69) is 44.0 Å². The van der Waals surface area contributed by atoms with Crippen molar-refractivity contribution in [1.29, 1.82) is 0 Å². The monoisotopic (exact) mass is 458 g/mol. The highest BCUT2D eigenvalue weighted by atomic mass is 79.9. The van der Waals surface area contributed by atoms with Crippen LogP contribution in [0.25, 0.3) is 11.3 Å². The van der Waals surface area contributed by atoms with E-state index in [1.165, 1.54) is 30.4 Å². The fraction of sp³-hybridized carbons (Fsp3) is 0.286. The lowest BCUT2D eigenvalue weighted by Gasteiger charge is -2.24. The summed E-state index contributed by atoms with van der Waals surface area (Å²) in [4.78, 5) is 0.879. The number of anilines is 1. The van der Waals surface area contributed by atoms with Gasteiger partial charge >= 0.3 is 0 Å². The molecule has 0 bridgehead atoms. The van der Waals surface area contributed by atoms with Crippen molar-refractivity contribution in [3.05, 3.63) is 52.0 Å². The van der Waals surface area contributed by atoms with E-state index in [1.54, 1.807) is 14.2 Å². The lowest BCUT2D eigenvalue weighted by Crippen LogP contribution is -2.17. The molecule has 2 aromatic carbocycles. The Hall–Kier alpha value is -2.12. The second-order valence-electron chi connectivity index (χ2n) is 7.18. The Morgan fingerprint density at radius 1 is 1.14 bits per heavy atom. The van der Waals surface area contributed by atoms with Crippen molar-refractivity contribution in [3.63, 3.8) is 0 Å². The van der Waals surface area contributed by atoms with E-state index in [0.29, 0.717) is 0 Å². The second-order valence-corrected chi connectivity index (χ2v) is 8.91. The fourth-order valence-corrected chi connectivity index (χ4v) is 5.20. The molecule has 5 nitrogen and oxygen atoms in total. The summed E-state index contributed by atoms with van der Waals surface area (Å²) in [6.07, 6.45) is 3.37. The molecule has 3 aromatic rings. The summed E-state index contributed by atoms with van der Waals surface area (Å²) in [6, 6.07) is 12.2. The van der Waals surface area contributed by atoms with Gasteiger partial charge in [-0.1, -0.05) is 33.2 Å². The quantitative estimate of drug-likeness (QED) is 0.485. The third-order valence-corrected chi connectivity index (χ3v) is 6.98. The molecule has 1 fully saturated rings. The fourth-order valence-electron chi connectivity index (χ4n) is 3.98. The SMILES string of the molecule is COc1cccc(OC)c1SNc1noc2c1CC1(CC1)c1ccc(Br)cc1-2. The molecule has 7 heteroatoms. The number of fused-ring (bicyclic) bond motifs is 4. The molecule has 0 saturated heterocycles. The van der Waals surface area contributed by atoms with Crippen molar-refractivity contribution in [1.82, 2.24) is 5.16 Å². The van der Waals surface area contributed by atoms with Crippen LogP contribution in [0.15, 0.2) is 50.3 Å². The molecule has 2 aliphatic carbocycles.